The van der Waals surface area contributed by atoms with Gasteiger partial charge in [0.2, 0.25) is 11.8 Å². The number of hydrogen-bond acceptors (Lipinski definition) is 8. The molecule has 1 fully saturated rings. The first-order valence-corrected chi connectivity index (χ1v) is 7.00. The molecule has 1 aromatic heterocycles. The average Bonchev–Trinajstić information content (AvgIpc) is 2.53. The summed E-state index contributed by atoms with van der Waals surface area (Å²) in [4.78, 5) is 22.9. The molecule has 0 bridgehead atoms. The van der Waals surface area contributed by atoms with E-state index in [2.05, 4.69) is 27.2 Å². The third-order valence-electron chi connectivity index (χ3n) is 3.96. The summed E-state index contributed by atoms with van der Waals surface area (Å²) in [6.07, 6.45) is 3.10. The Labute approximate surface area is 123 Å². The van der Waals surface area contributed by atoms with Gasteiger partial charge in [-0.1, -0.05) is 6.92 Å². The van der Waals surface area contributed by atoms with Gasteiger partial charge < -0.3 is 9.80 Å². The van der Waals surface area contributed by atoms with Crippen molar-refractivity contribution in [2.24, 2.45) is 5.84 Å². The Morgan fingerprint density at radius 1 is 1.57 bits per heavy atom. The van der Waals surface area contributed by atoms with E-state index in [0.29, 0.717) is 5.82 Å². The van der Waals surface area contributed by atoms with Gasteiger partial charge >= 0.3 is 5.69 Å². The summed E-state index contributed by atoms with van der Waals surface area (Å²) in [5, 5.41) is 11.1. The smallest absolute Gasteiger partial charge is 0.329 e. The molecule has 116 valence electrons. The zero-order chi connectivity index (χ0) is 15.4. The van der Waals surface area contributed by atoms with Crippen LogP contribution in [-0.4, -0.2) is 52.5 Å². The number of anilines is 2. The van der Waals surface area contributed by atoms with E-state index >= 15 is 0 Å². The monoisotopic (exact) mass is 295 g/mol. The summed E-state index contributed by atoms with van der Waals surface area (Å²) in [6.45, 7) is 5.16. The number of aromatic nitrogens is 2. The number of hydrazine groups is 1. The molecule has 0 unspecified atom stereocenters. The maximum absolute atomic E-state index is 11.1. The zero-order valence-electron chi connectivity index (χ0n) is 12.3. The SMILES string of the molecule is CCN1CCC(N(C)c2nc(NN)ncc2[N+](=O)[O-])CC1. The fourth-order valence-corrected chi connectivity index (χ4v) is 2.62. The minimum absolute atomic E-state index is 0.102. The fourth-order valence-electron chi connectivity index (χ4n) is 2.62. The lowest BCUT2D eigenvalue weighted by molar-refractivity contribution is -0.384. The average molecular weight is 295 g/mol. The standard InChI is InChI=1S/C12H21N7O2/c1-3-18-6-4-9(5-7-18)17(2)11-10(19(20)21)8-14-12(15-11)16-13/h8-9H,3-7,13H2,1-2H3,(H,14,15,16). The van der Waals surface area contributed by atoms with Crippen molar-refractivity contribution in [3.05, 3.63) is 16.3 Å². The first kappa shape index (κ1) is 15.4. The summed E-state index contributed by atoms with van der Waals surface area (Å²) in [5.41, 5.74) is 2.23. The lowest BCUT2D eigenvalue weighted by atomic mass is 10.0. The van der Waals surface area contributed by atoms with Crippen LogP contribution in [0.15, 0.2) is 6.20 Å². The molecule has 9 heteroatoms. The van der Waals surface area contributed by atoms with Gasteiger partial charge in [0.1, 0.15) is 6.20 Å². The molecule has 0 aromatic carbocycles. The second kappa shape index (κ2) is 6.64. The van der Waals surface area contributed by atoms with Gasteiger partial charge in [0, 0.05) is 26.2 Å². The molecule has 0 atom stereocenters. The van der Waals surface area contributed by atoms with Crippen LogP contribution in [0.25, 0.3) is 0 Å². The molecule has 1 saturated heterocycles. The van der Waals surface area contributed by atoms with Crippen LogP contribution in [0, 0.1) is 10.1 Å². The Kier molecular flexibility index (Phi) is 4.86. The zero-order valence-corrected chi connectivity index (χ0v) is 12.3. The molecule has 1 aromatic rings. The highest BCUT2D eigenvalue weighted by atomic mass is 16.6. The number of likely N-dealkylation sites (tertiary alicyclic amines) is 1. The molecule has 1 aliphatic heterocycles. The lowest BCUT2D eigenvalue weighted by Crippen LogP contribution is -2.43. The number of rotatable bonds is 5. The molecule has 0 saturated carbocycles. The first-order chi connectivity index (χ1) is 10.1. The van der Waals surface area contributed by atoms with Crippen LogP contribution in [0.4, 0.5) is 17.5 Å². The van der Waals surface area contributed by atoms with Crippen molar-refractivity contribution in [1.82, 2.24) is 14.9 Å². The van der Waals surface area contributed by atoms with Crippen LogP contribution in [0.3, 0.4) is 0 Å². The van der Waals surface area contributed by atoms with E-state index in [9.17, 15) is 10.1 Å². The highest BCUT2D eigenvalue weighted by molar-refractivity contribution is 5.59. The van der Waals surface area contributed by atoms with E-state index < -0.39 is 4.92 Å². The van der Waals surface area contributed by atoms with Gasteiger partial charge in [-0.05, 0) is 19.4 Å². The van der Waals surface area contributed by atoms with Crippen molar-refractivity contribution >= 4 is 17.5 Å². The molecule has 1 aliphatic rings. The molecule has 0 spiro atoms. The van der Waals surface area contributed by atoms with Gasteiger partial charge in [0.15, 0.2) is 0 Å². The summed E-state index contributed by atoms with van der Waals surface area (Å²) >= 11 is 0. The Hall–Kier alpha value is -2.00. The van der Waals surface area contributed by atoms with E-state index in [1.807, 2.05) is 11.9 Å². The number of nitrogen functional groups attached to an aromatic ring is 1. The minimum Gasteiger partial charge on any atom is -0.351 e. The Morgan fingerprint density at radius 3 is 2.76 bits per heavy atom. The Bertz CT molecular complexity index is 502. The molecule has 2 heterocycles. The van der Waals surface area contributed by atoms with Gasteiger partial charge in [-0.15, -0.1) is 0 Å². The van der Waals surface area contributed by atoms with Crippen molar-refractivity contribution in [3.8, 4) is 0 Å². The molecule has 9 nitrogen and oxygen atoms in total. The predicted molar refractivity (Wildman–Crippen MR) is 80.0 cm³/mol. The van der Waals surface area contributed by atoms with Crippen molar-refractivity contribution in [2.75, 3.05) is 37.0 Å². The van der Waals surface area contributed by atoms with Crippen LogP contribution in [0.2, 0.25) is 0 Å². The predicted octanol–water partition coefficient (Wildman–Crippen LogP) is 0.591. The number of hydrogen-bond donors (Lipinski definition) is 2. The van der Waals surface area contributed by atoms with E-state index in [1.54, 1.807) is 0 Å². The van der Waals surface area contributed by atoms with Crippen LogP contribution >= 0.6 is 0 Å². The topological polar surface area (TPSA) is 113 Å². The summed E-state index contributed by atoms with van der Waals surface area (Å²) in [6, 6.07) is 0.229. The third kappa shape index (κ3) is 3.37. The Balaban J connectivity index is 2.21. The molecule has 2 rings (SSSR count). The lowest BCUT2D eigenvalue weighted by Gasteiger charge is -2.36. The quantitative estimate of drug-likeness (QED) is 0.461. The number of nitrogens with zero attached hydrogens (tertiary/aromatic N) is 5. The van der Waals surface area contributed by atoms with E-state index in [4.69, 9.17) is 5.84 Å². The van der Waals surface area contributed by atoms with Crippen molar-refractivity contribution in [2.45, 2.75) is 25.8 Å². The first-order valence-electron chi connectivity index (χ1n) is 7.00. The number of nitrogens with one attached hydrogen (secondary N) is 1. The van der Waals surface area contributed by atoms with Gasteiger partial charge in [-0.25, -0.2) is 10.8 Å². The number of nitro groups is 1. The maximum Gasteiger partial charge on any atom is 0.329 e. The Morgan fingerprint density at radius 2 is 2.24 bits per heavy atom. The highest BCUT2D eigenvalue weighted by Crippen LogP contribution is 2.29. The normalized spacial score (nSPS) is 16.7. The van der Waals surface area contributed by atoms with Crippen LogP contribution in [0.1, 0.15) is 19.8 Å². The second-order valence-corrected chi connectivity index (χ2v) is 5.08. The van der Waals surface area contributed by atoms with Gasteiger partial charge in [-0.3, -0.25) is 15.5 Å². The van der Waals surface area contributed by atoms with Crippen molar-refractivity contribution in [1.29, 1.82) is 0 Å². The van der Waals surface area contributed by atoms with Gasteiger partial charge in [0.25, 0.3) is 0 Å². The fraction of sp³-hybridized carbons (Fsp3) is 0.667. The highest BCUT2D eigenvalue weighted by Gasteiger charge is 2.28. The van der Waals surface area contributed by atoms with Crippen LogP contribution in [-0.2, 0) is 0 Å². The molecule has 3 N–H and O–H groups in total. The molecular weight excluding hydrogens is 274 g/mol. The van der Waals surface area contributed by atoms with Crippen molar-refractivity contribution < 1.29 is 4.92 Å². The molecular formula is C12H21N7O2. The number of nitrogens with two attached hydrogens (primary N) is 1. The van der Waals surface area contributed by atoms with E-state index in [-0.39, 0.29) is 17.7 Å². The van der Waals surface area contributed by atoms with Gasteiger partial charge in [-0.2, -0.15) is 4.98 Å². The van der Waals surface area contributed by atoms with Crippen LogP contribution in [0.5, 0.6) is 0 Å². The molecule has 0 amide bonds. The van der Waals surface area contributed by atoms with E-state index in [1.165, 1.54) is 6.20 Å². The molecule has 21 heavy (non-hydrogen) atoms. The molecule has 0 radical (unpaired) electrons. The van der Waals surface area contributed by atoms with Crippen molar-refractivity contribution in [3.63, 3.8) is 0 Å². The largest absolute Gasteiger partial charge is 0.351 e. The van der Waals surface area contributed by atoms with Crippen LogP contribution < -0.4 is 16.2 Å². The third-order valence-corrected chi connectivity index (χ3v) is 3.96. The molecule has 0 aliphatic carbocycles. The summed E-state index contributed by atoms with van der Waals surface area (Å²) in [7, 11) is 1.84. The summed E-state index contributed by atoms with van der Waals surface area (Å²) < 4.78 is 0. The number of piperidine rings is 1. The second-order valence-electron chi connectivity index (χ2n) is 5.08. The van der Waals surface area contributed by atoms with Gasteiger partial charge in [0.05, 0.1) is 4.92 Å². The summed E-state index contributed by atoms with van der Waals surface area (Å²) in [5.74, 6) is 5.77. The van der Waals surface area contributed by atoms with E-state index in [0.717, 1.165) is 32.5 Å². The minimum atomic E-state index is -0.465. The maximum atomic E-state index is 11.1.